The Kier molecular flexibility index (Phi) is 5.72. The topological polar surface area (TPSA) is 69.3 Å². The van der Waals surface area contributed by atoms with Crippen LogP contribution in [0.15, 0.2) is 35.1 Å². The Balaban J connectivity index is 1.97. The molecule has 0 radical (unpaired) electrons. The second-order valence-electron chi connectivity index (χ2n) is 6.79. The van der Waals surface area contributed by atoms with Crippen LogP contribution in [0.25, 0.3) is 10.2 Å². The van der Waals surface area contributed by atoms with E-state index in [1.807, 2.05) is 63.2 Å². The summed E-state index contributed by atoms with van der Waals surface area (Å²) in [6.07, 6.45) is 0. The largest absolute Gasteiger partial charge is 0.334 e. The van der Waals surface area contributed by atoms with E-state index in [1.54, 1.807) is 4.90 Å². The van der Waals surface area contributed by atoms with Crippen molar-refractivity contribution >= 4 is 27.5 Å². The molecule has 0 saturated heterocycles. The maximum atomic E-state index is 13.1. The van der Waals surface area contributed by atoms with Crippen LogP contribution < -0.4 is 5.56 Å². The summed E-state index contributed by atoms with van der Waals surface area (Å²) < 4.78 is 0. The molecule has 1 amide bonds. The van der Waals surface area contributed by atoms with E-state index in [0.717, 1.165) is 5.56 Å². The molecule has 0 spiro atoms. The van der Waals surface area contributed by atoms with Crippen LogP contribution in [-0.2, 0) is 13.1 Å². The number of H-pyrrole nitrogens is 1. The lowest BCUT2D eigenvalue weighted by atomic mass is 10.1. The molecule has 0 atom stereocenters. The second kappa shape index (κ2) is 8.02. The van der Waals surface area contributed by atoms with E-state index in [4.69, 9.17) is 0 Å². The van der Waals surface area contributed by atoms with E-state index in [2.05, 4.69) is 9.97 Å². The average molecular weight is 385 g/mol. The standard InChI is InChI=1S/C20H24N4O2S/c1-5-24(11-14-9-7-6-8-10-14)20(26)17-13(2)16-18(25)21-15(12-23(3)4)22-19(16)27-17/h6-10H,5,11-12H2,1-4H3,(H,21,22,25). The Morgan fingerprint density at radius 3 is 2.52 bits per heavy atom. The maximum Gasteiger partial charge on any atom is 0.264 e. The number of fused-ring (bicyclic) bond motifs is 1. The molecule has 1 aromatic carbocycles. The number of benzene rings is 1. The Morgan fingerprint density at radius 2 is 1.89 bits per heavy atom. The zero-order chi connectivity index (χ0) is 19.6. The number of thiophene rings is 1. The van der Waals surface area contributed by atoms with Crippen molar-refractivity contribution < 1.29 is 4.79 Å². The first-order valence-electron chi connectivity index (χ1n) is 8.91. The van der Waals surface area contributed by atoms with Crippen LogP contribution >= 0.6 is 11.3 Å². The molecule has 0 aliphatic carbocycles. The van der Waals surface area contributed by atoms with Crippen molar-refractivity contribution in [1.29, 1.82) is 0 Å². The Hall–Kier alpha value is -2.51. The van der Waals surface area contributed by atoms with Crippen molar-refractivity contribution in [1.82, 2.24) is 19.8 Å². The molecule has 0 aliphatic heterocycles. The van der Waals surface area contributed by atoms with Gasteiger partial charge in [0.2, 0.25) is 0 Å². The molecule has 142 valence electrons. The predicted molar refractivity (Wildman–Crippen MR) is 109 cm³/mol. The SMILES string of the molecule is CCN(Cc1ccccc1)C(=O)c1sc2nc(CN(C)C)[nH]c(=O)c2c1C. The molecule has 6 nitrogen and oxygen atoms in total. The lowest BCUT2D eigenvalue weighted by Gasteiger charge is -2.20. The number of amides is 1. The van der Waals surface area contributed by atoms with Crippen LogP contribution in [0.5, 0.6) is 0 Å². The van der Waals surface area contributed by atoms with Crippen molar-refractivity contribution in [2.75, 3.05) is 20.6 Å². The lowest BCUT2D eigenvalue weighted by Crippen LogP contribution is -2.30. The summed E-state index contributed by atoms with van der Waals surface area (Å²) in [5.41, 5.74) is 1.60. The number of carbonyl (C=O) groups is 1. The number of carbonyl (C=O) groups excluding carboxylic acids is 1. The molecule has 27 heavy (non-hydrogen) atoms. The highest BCUT2D eigenvalue weighted by atomic mass is 32.1. The molecule has 2 heterocycles. The van der Waals surface area contributed by atoms with Crippen molar-refractivity contribution in [2.24, 2.45) is 0 Å². The van der Waals surface area contributed by atoms with Crippen LogP contribution in [0.3, 0.4) is 0 Å². The van der Waals surface area contributed by atoms with E-state index in [-0.39, 0.29) is 11.5 Å². The molecule has 3 rings (SSSR count). The molecule has 7 heteroatoms. The number of nitrogens with zero attached hydrogens (tertiary/aromatic N) is 3. The first-order chi connectivity index (χ1) is 12.9. The molecule has 1 N–H and O–H groups in total. The van der Waals surface area contributed by atoms with Crippen molar-refractivity contribution in [3.05, 3.63) is 62.5 Å². The van der Waals surface area contributed by atoms with Gasteiger partial charge >= 0.3 is 0 Å². The highest BCUT2D eigenvalue weighted by Gasteiger charge is 2.23. The minimum Gasteiger partial charge on any atom is -0.334 e. The summed E-state index contributed by atoms with van der Waals surface area (Å²) >= 11 is 1.30. The van der Waals surface area contributed by atoms with Gasteiger partial charge in [0.25, 0.3) is 11.5 Å². The van der Waals surface area contributed by atoms with Crippen LogP contribution in [0, 0.1) is 6.92 Å². The number of aryl methyl sites for hydroxylation is 1. The maximum absolute atomic E-state index is 13.1. The Morgan fingerprint density at radius 1 is 1.19 bits per heavy atom. The highest BCUT2D eigenvalue weighted by Crippen LogP contribution is 2.28. The van der Waals surface area contributed by atoms with Gasteiger partial charge in [0.15, 0.2) is 0 Å². The van der Waals surface area contributed by atoms with Gasteiger partial charge < -0.3 is 14.8 Å². The molecule has 3 aromatic rings. The average Bonchev–Trinajstić information content (AvgIpc) is 2.96. The normalized spacial score (nSPS) is 11.3. The molecule has 0 saturated carbocycles. The van der Waals surface area contributed by atoms with Gasteiger partial charge in [-0.1, -0.05) is 30.3 Å². The zero-order valence-corrected chi connectivity index (χ0v) is 16.9. The van der Waals surface area contributed by atoms with Gasteiger partial charge in [-0.25, -0.2) is 4.98 Å². The van der Waals surface area contributed by atoms with E-state index < -0.39 is 0 Å². The summed E-state index contributed by atoms with van der Waals surface area (Å²) in [7, 11) is 3.84. The fraction of sp³-hybridized carbons (Fsp3) is 0.350. The number of nitrogens with one attached hydrogen (secondary N) is 1. The molecule has 0 fully saturated rings. The third-order valence-corrected chi connectivity index (χ3v) is 5.57. The van der Waals surface area contributed by atoms with Crippen molar-refractivity contribution in [3.8, 4) is 0 Å². The quantitative estimate of drug-likeness (QED) is 0.709. The number of rotatable bonds is 6. The van der Waals surface area contributed by atoms with Crippen LogP contribution in [0.4, 0.5) is 0 Å². The Bertz CT molecular complexity index is 1010. The number of hydrogen-bond acceptors (Lipinski definition) is 5. The molecule has 2 aromatic heterocycles. The van der Waals surface area contributed by atoms with E-state index in [0.29, 0.717) is 46.1 Å². The summed E-state index contributed by atoms with van der Waals surface area (Å²) in [6, 6.07) is 9.91. The summed E-state index contributed by atoms with van der Waals surface area (Å²) in [5, 5.41) is 0.515. The van der Waals surface area contributed by atoms with Gasteiger partial charge in [0.1, 0.15) is 10.7 Å². The van der Waals surface area contributed by atoms with E-state index in [1.165, 1.54) is 11.3 Å². The van der Waals surface area contributed by atoms with Crippen molar-refractivity contribution in [3.63, 3.8) is 0 Å². The number of aromatic nitrogens is 2. The monoisotopic (exact) mass is 384 g/mol. The molecule has 0 unspecified atom stereocenters. The van der Waals surface area contributed by atoms with Gasteiger partial charge in [-0.15, -0.1) is 11.3 Å². The van der Waals surface area contributed by atoms with Gasteiger partial charge in [-0.3, -0.25) is 9.59 Å². The molecule has 0 bridgehead atoms. The summed E-state index contributed by atoms with van der Waals surface area (Å²) in [6.45, 7) is 5.46. The first-order valence-corrected chi connectivity index (χ1v) is 9.72. The van der Waals surface area contributed by atoms with Gasteiger partial charge in [-0.2, -0.15) is 0 Å². The van der Waals surface area contributed by atoms with E-state index in [9.17, 15) is 9.59 Å². The lowest BCUT2D eigenvalue weighted by molar-refractivity contribution is 0.0757. The second-order valence-corrected chi connectivity index (χ2v) is 7.79. The van der Waals surface area contributed by atoms with E-state index >= 15 is 0 Å². The van der Waals surface area contributed by atoms with Crippen molar-refractivity contribution in [2.45, 2.75) is 26.9 Å². The zero-order valence-electron chi connectivity index (χ0n) is 16.1. The smallest absolute Gasteiger partial charge is 0.264 e. The van der Waals surface area contributed by atoms with Gasteiger partial charge in [0.05, 0.1) is 16.8 Å². The van der Waals surface area contributed by atoms with Crippen LogP contribution in [0.2, 0.25) is 0 Å². The molecular weight excluding hydrogens is 360 g/mol. The fourth-order valence-corrected chi connectivity index (χ4v) is 4.21. The summed E-state index contributed by atoms with van der Waals surface area (Å²) in [4.78, 5) is 38.0. The van der Waals surface area contributed by atoms with Crippen LogP contribution in [-0.4, -0.2) is 46.3 Å². The fourth-order valence-electron chi connectivity index (χ4n) is 3.04. The first kappa shape index (κ1) is 19.3. The van der Waals surface area contributed by atoms with Gasteiger partial charge in [-0.05, 0) is 39.1 Å². The molecule has 0 aliphatic rings. The predicted octanol–water partition coefficient (Wildman–Crippen LogP) is 3.02. The van der Waals surface area contributed by atoms with Gasteiger partial charge in [0, 0.05) is 13.1 Å². The minimum atomic E-state index is -0.184. The third kappa shape index (κ3) is 4.09. The summed E-state index contributed by atoms with van der Waals surface area (Å²) in [5.74, 6) is 0.546. The molecular formula is C20H24N4O2S. The van der Waals surface area contributed by atoms with Crippen LogP contribution in [0.1, 0.15) is 33.5 Å². The number of aromatic amines is 1. The number of hydrogen-bond donors (Lipinski definition) is 1. The third-order valence-electron chi connectivity index (χ3n) is 4.40. The Labute approximate surface area is 162 Å². The minimum absolute atomic E-state index is 0.0598. The highest BCUT2D eigenvalue weighted by molar-refractivity contribution is 7.20.